The van der Waals surface area contributed by atoms with Crippen LogP contribution in [0.25, 0.3) is 28.2 Å². The largest absolute Gasteiger partial charge is 0.382 e. The first-order chi connectivity index (χ1) is 15.4. The Hall–Kier alpha value is -4.24. The number of nitrogen functional groups attached to an aromatic ring is 1. The number of H-pyrrole nitrogens is 1. The van der Waals surface area contributed by atoms with Gasteiger partial charge < -0.3 is 16.2 Å². The van der Waals surface area contributed by atoms with Crippen LogP contribution in [0.15, 0.2) is 30.7 Å². The van der Waals surface area contributed by atoms with Crippen molar-refractivity contribution in [3.63, 3.8) is 0 Å². The lowest BCUT2D eigenvalue weighted by Crippen LogP contribution is -2.50. The first kappa shape index (κ1) is 19.7. The van der Waals surface area contributed by atoms with Crippen LogP contribution in [0.5, 0.6) is 0 Å². The second-order valence-electron chi connectivity index (χ2n) is 7.86. The second-order valence-corrected chi connectivity index (χ2v) is 7.86. The van der Waals surface area contributed by atoms with E-state index in [1.807, 2.05) is 12.3 Å². The van der Waals surface area contributed by atoms with Crippen LogP contribution in [-0.2, 0) is 10.3 Å². The number of carbonyl (C=O) groups is 1. The standard InChI is InChI=1S/C20H20N10O2/c1-32-11-7-20(8-11,3-4-21)30-9-12(18(22)28-30)17-16-2-5-24-29(16)10-15(25-17)13-6-14(19(23)31)27-26-13/h2,5-6,9-11H,3,7-8H2,1H3,(H2,22,28)(H2,23,31)(H,26,27). The second kappa shape index (κ2) is 7.17. The Morgan fingerprint density at radius 2 is 2.22 bits per heavy atom. The minimum absolute atomic E-state index is 0.0827. The molecule has 12 nitrogen and oxygen atoms in total. The Labute approximate surface area is 181 Å². The van der Waals surface area contributed by atoms with Crippen LogP contribution >= 0.6 is 0 Å². The van der Waals surface area contributed by atoms with E-state index in [0.29, 0.717) is 41.9 Å². The summed E-state index contributed by atoms with van der Waals surface area (Å²) in [5, 5.41) is 24.9. The number of fused-ring (bicyclic) bond motifs is 1. The van der Waals surface area contributed by atoms with E-state index in [0.717, 1.165) is 5.52 Å². The minimum Gasteiger partial charge on any atom is -0.382 e. The molecule has 1 fully saturated rings. The molecule has 0 bridgehead atoms. The van der Waals surface area contributed by atoms with Crippen molar-refractivity contribution in [3.8, 4) is 28.7 Å². The molecule has 0 atom stereocenters. The molecule has 0 aromatic carbocycles. The third kappa shape index (κ3) is 2.98. The SMILES string of the molecule is COC1CC(CC#N)(n2cc(-c3nc(-c4cc(C(N)=O)[nH]n4)cn4nccc34)c(N)n2)C1. The van der Waals surface area contributed by atoms with Gasteiger partial charge in [-0.1, -0.05) is 0 Å². The number of amides is 1. The molecule has 5 rings (SSSR count). The van der Waals surface area contributed by atoms with Gasteiger partial charge in [0, 0.05) is 13.3 Å². The predicted octanol–water partition coefficient (Wildman–Crippen LogP) is 1.08. The zero-order valence-corrected chi connectivity index (χ0v) is 17.2. The molecule has 0 saturated heterocycles. The van der Waals surface area contributed by atoms with E-state index in [4.69, 9.17) is 21.2 Å². The molecule has 32 heavy (non-hydrogen) atoms. The monoisotopic (exact) mass is 432 g/mol. The van der Waals surface area contributed by atoms with Crippen LogP contribution < -0.4 is 11.5 Å². The lowest BCUT2D eigenvalue weighted by Gasteiger charge is -2.45. The molecule has 1 amide bonds. The van der Waals surface area contributed by atoms with Crippen molar-refractivity contribution >= 4 is 17.2 Å². The van der Waals surface area contributed by atoms with E-state index < -0.39 is 11.4 Å². The van der Waals surface area contributed by atoms with E-state index in [1.165, 1.54) is 6.07 Å². The Bertz CT molecular complexity index is 1370. The van der Waals surface area contributed by atoms with Crippen LogP contribution in [0.1, 0.15) is 29.8 Å². The highest BCUT2D eigenvalue weighted by molar-refractivity contribution is 5.92. The first-order valence-corrected chi connectivity index (χ1v) is 9.90. The van der Waals surface area contributed by atoms with E-state index in [9.17, 15) is 10.1 Å². The van der Waals surface area contributed by atoms with Crippen LogP contribution in [0, 0.1) is 11.3 Å². The zero-order chi connectivity index (χ0) is 22.5. The summed E-state index contributed by atoms with van der Waals surface area (Å²) in [5.41, 5.74) is 14.1. The lowest BCUT2D eigenvalue weighted by molar-refractivity contribution is -0.0540. The average Bonchev–Trinajstić information content (AvgIpc) is 3.48. The lowest BCUT2D eigenvalue weighted by atomic mass is 9.72. The van der Waals surface area contributed by atoms with Crippen molar-refractivity contribution in [2.45, 2.75) is 30.9 Å². The van der Waals surface area contributed by atoms with Gasteiger partial charge in [0.05, 0.1) is 47.6 Å². The van der Waals surface area contributed by atoms with Gasteiger partial charge in [-0.05, 0) is 25.0 Å². The Balaban J connectivity index is 1.61. The van der Waals surface area contributed by atoms with Gasteiger partial charge in [0.1, 0.15) is 22.8 Å². The molecule has 0 radical (unpaired) electrons. The molecule has 4 aromatic rings. The molecule has 1 saturated carbocycles. The molecule has 4 aromatic heterocycles. The van der Waals surface area contributed by atoms with Crippen LogP contribution in [0.4, 0.5) is 5.82 Å². The van der Waals surface area contributed by atoms with Gasteiger partial charge in [-0.3, -0.25) is 14.6 Å². The topological polar surface area (TPSA) is 179 Å². The average molecular weight is 432 g/mol. The van der Waals surface area contributed by atoms with Gasteiger partial charge in [-0.15, -0.1) is 0 Å². The molecule has 12 heteroatoms. The number of aromatic amines is 1. The summed E-state index contributed by atoms with van der Waals surface area (Å²) in [5.74, 6) is -0.330. The number of carbonyl (C=O) groups excluding carboxylic acids is 1. The summed E-state index contributed by atoms with van der Waals surface area (Å²) >= 11 is 0. The fraction of sp³-hybridized carbons (Fsp3) is 0.300. The fourth-order valence-corrected chi connectivity index (χ4v) is 4.15. The number of hydrogen-bond acceptors (Lipinski definition) is 8. The summed E-state index contributed by atoms with van der Waals surface area (Å²) < 4.78 is 8.83. The zero-order valence-electron chi connectivity index (χ0n) is 17.2. The van der Waals surface area contributed by atoms with Gasteiger partial charge >= 0.3 is 0 Å². The summed E-state index contributed by atoms with van der Waals surface area (Å²) in [6.07, 6.45) is 6.90. The number of nitriles is 1. The number of nitrogens with one attached hydrogen (secondary N) is 1. The number of nitrogens with zero attached hydrogens (tertiary/aromatic N) is 7. The molecule has 162 valence electrons. The van der Waals surface area contributed by atoms with Gasteiger partial charge in [-0.2, -0.15) is 20.6 Å². The summed E-state index contributed by atoms with van der Waals surface area (Å²) in [4.78, 5) is 16.2. The highest BCUT2D eigenvalue weighted by Crippen LogP contribution is 2.44. The fourth-order valence-electron chi connectivity index (χ4n) is 4.15. The van der Waals surface area contributed by atoms with Gasteiger partial charge in [0.2, 0.25) is 0 Å². The maximum Gasteiger partial charge on any atom is 0.266 e. The minimum atomic E-state index is -0.618. The quantitative estimate of drug-likeness (QED) is 0.405. The van der Waals surface area contributed by atoms with Crippen molar-refractivity contribution in [2.24, 2.45) is 5.73 Å². The van der Waals surface area contributed by atoms with E-state index in [-0.39, 0.29) is 17.6 Å². The number of primary amides is 1. The Morgan fingerprint density at radius 1 is 1.41 bits per heavy atom. The van der Waals surface area contributed by atoms with Crippen molar-refractivity contribution in [3.05, 3.63) is 36.4 Å². The van der Waals surface area contributed by atoms with Gasteiger partial charge in [0.15, 0.2) is 5.82 Å². The molecular weight excluding hydrogens is 412 g/mol. The van der Waals surface area contributed by atoms with Crippen LogP contribution in [0.3, 0.4) is 0 Å². The summed E-state index contributed by atoms with van der Waals surface area (Å²) in [7, 11) is 1.66. The molecule has 0 unspecified atom stereocenters. The number of aromatic nitrogens is 7. The van der Waals surface area contributed by atoms with Gasteiger partial charge in [0.25, 0.3) is 5.91 Å². The highest BCUT2D eigenvalue weighted by atomic mass is 16.5. The van der Waals surface area contributed by atoms with Crippen molar-refractivity contribution in [2.75, 3.05) is 12.8 Å². The van der Waals surface area contributed by atoms with E-state index >= 15 is 0 Å². The Morgan fingerprint density at radius 3 is 2.91 bits per heavy atom. The smallest absolute Gasteiger partial charge is 0.266 e. The molecule has 5 N–H and O–H groups in total. The number of hydrogen-bond donors (Lipinski definition) is 3. The Kier molecular flexibility index (Phi) is 4.42. The van der Waals surface area contributed by atoms with Gasteiger partial charge in [-0.25, -0.2) is 9.50 Å². The number of methoxy groups -OCH3 is 1. The van der Waals surface area contributed by atoms with Crippen LogP contribution in [-0.4, -0.2) is 53.7 Å². The third-order valence-electron chi connectivity index (χ3n) is 5.94. The normalized spacial score (nSPS) is 20.2. The summed E-state index contributed by atoms with van der Waals surface area (Å²) in [6.45, 7) is 0. The van der Waals surface area contributed by atoms with E-state index in [2.05, 4.69) is 26.5 Å². The molecule has 4 heterocycles. The number of nitrogens with two attached hydrogens (primary N) is 2. The number of ether oxygens (including phenoxy) is 1. The number of rotatable bonds is 6. The molecule has 1 aliphatic rings. The molecular formula is C20H20N10O2. The maximum atomic E-state index is 11.4. The van der Waals surface area contributed by atoms with Crippen molar-refractivity contribution in [1.82, 2.24) is 34.6 Å². The third-order valence-corrected chi connectivity index (χ3v) is 5.94. The molecule has 0 spiro atoms. The predicted molar refractivity (Wildman–Crippen MR) is 113 cm³/mol. The molecule has 1 aliphatic carbocycles. The maximum absolute atomic E-state index is 11.4. The van der Waals surface area contributed by atoms with E-state index in [1.54, 1.807) is 28.7 Å². The molecule has 0 aliphatic heterocycles. The first-order valence-electron chi connectivity index (χ1n) is 9.90. The highest BCUT2D eigenvalue weighted by Gasteiger charge is 2.47. The van der Waals surface area contributed by atoms with Crippen molar-refractivity contribution < 1.29 is 9.53 Å². The van der Waals surface area contributed by atoms with Crippen molar-refractivity contribution in [1.29, 1.82) is 5.26 Å². The number of anilines is 1. The summed E-state index contributed by atoms with van der Waals surface area (Å²) in [6, 6.07) is 5.60. The van der Waals surface area contributed by atoms with Crippen LogP contribution in [0.2, 0.25) is 0 Å².